The van der Waals surface area contributed by atoms with Gasteiger partial charge in [0.05, 0.1) is 16.3 Å². The van der Waals surface area contributed by atoms with Gasteiger partial charge in [-0.25, -0.2) is 14.6 Å². The van der Waals surface area contributed by atoms with Gasteiger partial charge >= 0.3 is 0 Å². The summed E-state index contributed by atoms with van der Waals surface area (Å²) in [5, 5.41) is 6.35. The molecule has 32 heavy (non-hydrogen) atoms. The van der Waals surface area contributed by atoms with Gasteiger partial charge in [0.15, 0.2) is 0 Å². The van der Waals surface area contributed by atoms with Crippen LogP contribution in [0.5, 0.6) is 0 Å². The van der Waals surface area contributed by atoms with E-state index in [4.69, 9.17) is 11.6 Å². The van der Waals surface area contributed by atoms with Crippen LogP contribution in [0, 0.1) is 20.8 Å². The van der Waals surface area contributed by atoms with Crippen LogP contribution in [0.3, 0.4) is 0 Å². The average molecular weight is 467 g/mol. The maximum atomic E-state index is 13.3. The van der Waals surface area contributed by atoms with Crippen molar-refractivity contribution in [3.05, 3.63) is 63.4 Å². The predicted octanol–water partition coefficient (Wildman–Crippen LogP) is 4.42. The van der Waals surface area contributed by atoms with Crippen LogP contribution >= 0.6 is 22.9 Å². The van der Waals surface area contributed by atoms with E-state index in [1.807, 2.05) is 66.8 Å². The third-order valence-corrected chi connectivity index (χ3v) is 7.00. The highest BCUT2D eigenvalue weighted by atomic mass is 35.5. The second-order valence-corrected chi connectivity index (χ2v) is 9.50. The highest BCUT2D eigenvalue weighted by Crippen LogP contribution is 2.31. The van der Waals surface area contributed by atoms with E-state index < -0.39 is 0 Å². The number of carbonyl (C=O) groups is 1. The number of aryl methyl sites for hydroxylation is 3. The smallest absolute Gasteiger partial charge is 0.264 e. The molecule has 1 aromatic carbocycles. The molecule has 4 heterocycles. The van der Waals surface area contributed by atoms with Crippen LogP contribution in [-0.2, 0) is 0 Å². The molecule has 1 aliphatic rings. The lowest BCUT2D eigenvalue weighted by Crippen LogP contribution is -2.49. The monoisotopic (exact) mass is 466 g/mol. The van der Waals surface area contributed by atoms with Gasteiger partial charge in [-0.05, 0) is 57.2 Å². The third-order valence-electron chi connectivity index (χ3n) is 5.65. The number of hydrogen-bond donors (Lipinski definition) is 0. The standard InChI is InChI=1S/C23H23ClN6OS/c1-14-12-15(2)26-23(25-14)29-10-8-28(9-11-29)21(31)20-13-19-16(3)27-30(22(19)32-20)18-6-4-17(24)5-7-18/h4-7,12-13H,8-11H2,1-3H3. The number of aromatic nitrogens is 4. The zero-order valence-corrected chi connectivity index (χ0v) is 19.7. The second kappa shape index (κ2) is 8.18. The molecule has 0 aliphatic carbocycles. The van der Waals surface area contributed by atoms with E-state index in [9.17, 15) is 4.79 Å². The SMILES string of the molecule is Cc1cc(C)nc(N2CCN(C(=O)c3cc4c(C)nn(-c5ccc(Cl)cc5)c4s3)CC2)n1. The molecule has 1 amide bonds. The highest BCUT2D eigenvalue weighted by molar-refractivity contribution is 7.20. The van der Waals surface area contributed by atoms with Crippen molar-refractivity contribution in [2.75, 3.05) is 31.1 Å². The number of fused-ring (bicyclic) bond motifs is 1. The molecule has 1 fully saturated rings. The number of rotatable bonds is 3. The zero-order chi connectivity index (χ0) is 22.4. The molecule has 0 spiro atoms. The first-order chi connectivity index (χ1) is 15.4. The fourth-order valence-corrected chi connectivity index (χ4v) is 5.30. The molecular formula is C23H23ClN6OS. The fraction of sp³-hybridized carbons (Fsp3) is 0.304. The molecule has 164 valence electrons. The minimum atomic E-state index is 0.0641. The molecule has 1 saturated heterocycles. The first kappa shape index (κ1) is 20.9. The highest BCUT2D eigenvalue weighted by Gasteiger charge is 2.26. The number of amides is 1. The van der Waals surface area contributed by atoms with Gasteiger partial charge in [-0.1, -0.05) is 11.6 Å². The Morgan fingerprint density at radius 1 is 0.969 bits per heavy atom. The number of anilines is 1. The van der Waals surface area contributed by atoms with E-state index in [1.165, 1.54) is 11.3 Å². The number of piperazine rings is 1. The molecule has 4 aromatic rings. The van der Waals surface area contributed by atoms with E-state index in [-0.39, 0.29) is 5.91 Å². The van der Waals surface area contributed by atoms with Crippen LogP contribution in [0.4, 0.5) is 5.95 Å². The van der Waals surface area contributed by atoms with Crippen molar-refractivity contribution < 1.29 is 4.79 Å². The summed E-state index contributed by atoms with van der Waals surface area (Å²) in [5.41, 5.74) is 3.75. The normalized spacial score (nSPS) is 14.4. The molecule has 0 radical (unpaired) electrons. The quantitative estimate of drug-likeness (QED) is 0.447. The first-order valence-corrected chi connectivity index (χ1v) is 11.7. The van der Waals surface area contributed by atoms with Crippen molar-refractivity contribution in [1.82, 2.24) is 24.6 Å². The van der Waals surface area contributed by atoms with Crippen LogP contribution in [0.25, 0.3) is 15.9 Å². The lowest BCUT2D eigenvalue weighted by molar-refractivity contribution is 0.0751. The molecule has 3 aromatic heterocycles. The number of benzene rings is 1. The van der Waals surface area contributed by atoms with Gasteiger partial charge in [-0.2, -0.15) is 5.10 Å². The number of carbonyl (C=O) groups excluding carboxylic acids is 1. The summed E-state index contributed by atoms with van der Waals surface area (Å²) in [6.07, 6.45) is 0. The molecule has 0 unspecified atom stereocenters. The Labute approximate surface area is 195 Å². The third kappa shape index (κ3) is 3.84. The van der Waals surface area contributed by atoms with Gasteiger partial charge in [-0.3, -0.25) is 4.79 Å². The van der Waals surface area contributed by atoms with E-state index in [0.717, 1.165) is 56.9 Å². The fourth-order valence-electron chi connectivity index (χ4n) is 4.02. The summed E-state index contributed by atoms with van der Waals surface area (Å²) in [6, 6.07) is 11.5. The van der Waals surface area contributed by atoms with Crippen molar-refractivity contribution in [3.8, 4) is 5.69 Å². The molecule has 5 rings (SSSR count). The number of nitrogens with zero attached hydrogens (tertiary/aromatic N) is 6. The Morgan fingerprint density at radius 2 is 1.62 bits per heavy atom. The predicted molar refractivity (Wildman–Crippen MR) is 128 cm³/mol. The number of halogens is 1. The topological polar surface area (TPSA) is 67.2 Å². The Kier molecular flexibility index (Phi) is 5.35. The zero-order valence-electron chi connectivity index (χ0n) is 18.2. The van der Waals surface area contributed by atoms with Crippen molar-refractivity contribution in [2.24, 2.45) is 0 Å². The summed E-state index contributed by atoms with van der Waals surface area (Å²) in [6.45, 7) is 8.66. The Morgan fingerprint density at radius 3 is 2.28 bits per heavy atom. The lowest BCUT2D eigenvalue weighted by atomic mass is 10.2. The number of hydrogen-bond acceptors (Lipinski definition) is 6. The molecule has 0 N–H and O–H groups in total. The molecular weight excluding hydrogens is 444 g/mol. The van der Waals surface area contributed by atoms with Gasteiger partial charge in [0.25, 0.3) is 5.91 Å². The van der Waals surface area contributed by atoms with E-state index >= 15 is 0 Å². The largest absolute Gasteiger partial charge is 0.337 e. The summed E-state index contributed by atoms with van der Waals surface area (Å²) < 4.78 is 1.89. The van der Waals surface area contributed by atoms with Crippen LogP contribution in [0.1, 0.15) is 26.8 Å². The second-order valence-electron chi connectivity index (χ2n) is 8.03. The Hall–Kier alpha value is -2.97. The molecule has 9 heteroatoms. The average Bonchev–Trinajstić information content (AvgIpc) is 3.34. The van der Waals surface area contributed by atoms with Gasteiger partial charge in [0.2, 0.25) is 5.95 Å². The summed E-state index contributed by atoms with van der Waals surface area (Å²) in [5.74, 6) is 0.810. The maximum absolute atomic E-state index is 13.3. The number of thiophene rings is 1. The molecule has 0 bridgehead atoms. The van der Waals surface area contributed by atoms with Crippen molar-refractivity contribution in [2.45, 2.75) is 20.8 Å². The first-order valence-electron chi connectivity index (χ1n) is 10.5. The van der Waals surface area contributed by atoms with E-state index in [2.05, 4.69) is 20.0 Å². The van der Waals surface area contributed by atoms with Crippen LogP contribution in [0.2, 0.25) is 5.02 Å². The van der Waals surface area contributed by atoms with Gasteiger partial charge < -0.3 is 9.80 Å². The van der Waals surface area contributed by atoms with Gasteiger partial charge in [0, 0.05) is 48.0 Å². The van der Waals surface area contributed by atoms with Crippen molar-refractivity contribution in [1.29, 1.82) is 0 Å². The Bertz CT molecular complexity index is 1280. The van der Waals surface area contributed by atoms with Crippen LogP contribution in [-0.4, -0.2) is 56.7 Å². The maximum Gasteiger partial charge on any atom is 0.264 e. The Balaban J connectivity index is 1.35. The lowest BCUT2D eigenvalue weighted by Gasteiger charge is -2.34. The van der Waals surface area contributed by atoms with Crippen molar-refractivity contribution >= 4 is 45.0 Å². The van der Waals surface area contributed by atoms with E-state index in [0.29, 0.717) is 18.1 Å². The summed E-state index contributed by atoms with van der Waals surface area (Å²) in [7, 11) is 0. The summed E-state index contributed by atoms with van der Waals surface area (Å²) in [4.78, 5) is 28.1. The van der Waals surface area contributed by atoms with E-state index in [1.54, 1.807) is 0 Å². The minimum absolute atomic E-state index is 0.0641. The summed E-state index contributed by atoms with van der Waals surface area (Å²) >= 11 is 7.52. The molecule has 1 aliphatic heterocycles. The van der Waals surface area contributed by atoms with Crippen molar-refractivity contribution in [3.63, 3.8) is 0 Å². The molecule has 0 saturated carbocycles. The van der Waals surface area contributed by atoms with Gasteiger partial charge in [-0.15, -0.1) is 11.3 Å². The molecule has 0 atom stereocenters. The minimum Gasteiger partial charge on any atom is -0.337 e. The van der Waals surface area contributed by atoms with Crippen LogP contribution in [0.15, 0.2) is 36.4 Å². The van der Waals surface area contributed by atoms with Crippen LogP contribution < -0.4 is 4.90 Å². The van der Waals surface area contributed by atoms with Gasteiger partial charge in [0.1, 0.15) is 4.83 Å². The molecule has 7 nitrogen and oxygen atoms in total.